The molecule has 1 fully saturated rings. The van der Waals surface area contributed by atoms with E-state index >= 15 is 0 Å². The summed E-state index contributed by atoms with van der Waals surface area (Å²) in [7, 11) is 1.30. The first kappa shape index (κ1) is 14.2. The first-order valence-electron chi connectivity index (χ1n) is 4.82. The number of nitrogens with one attached hydrogen (secondary N) is 2. The highest BCUT2D eigenvalue weighted by molar-refractivity contribution is 5.85. The van der Waals surface area contributed by atoms with Crippen LogP contribution in [-0.2, 0) is 14.3 Å². The van der Waals surface area contributed by atoms with Crippen molar-refractivity contribution < 1.29 is 14.3 Å². The molecule has 1 unspecified atom stereocenters. The minimum atomic E-state index is -0.422. The van der Waals surface area contributed by atoms with Crippen LogP contribution in [-0.4, -0.2) is 38.1 Å². The summed E-state index contributed by atoms with van der Waals surface area (Å²) in [6.45, 7) is 0.823. The zero-order valence-electron chi connectivity index (χ0n) is 8.75. The third-order valence-electron chi connectivity index (χ3n) is 2.26. The number of carbonyl (C=O) groups is 2. The van der Waals surface area contributed by atoms with Gasteiger partial charge in [-0.2, -0.15) is 0 Å². The maximum Gasteiger partial charge on any atom is 0.325 e. The molecule has 1 amide bonds. The predicted molar refractivity (Wildman–Crippen MR) is 57.9 cm³/mol. The molecule has 1 saturated heterocycles. The van der Waals surface area contributed by atoms with E-state index in [1.165, 1.54) is 7.11 Å². The van der Waals surface area contributed by atoms with E-state index in [1.54, 1.807) is 0 Å². The molecule has 88 valence electrons. The third-order valence-corrected chi connectivity index (χ3v) is 2.26. The minimum absolute atomic E-state index is 0. The van der Waals surface area contributed by atoms with Gasteiger partial charge in [-0.25, -0.2) is 0 Å². The molecule has 5 nitrogen and oxygen atoms in total. The molecule has 15 heavy (non-hydrogen) atoms. The molecule has 0 saturated carbocycles. The van der Waals surface area contributed by atoms with Gasteiger partial charge >= 0.3 is 5.97 Å². The van der Waals surface area contributed by atoms with Gasteiger partial charge in [0, 0.05) is 0 Å². The lowest BCUT2D eigenvalue weighted by atomic mass is 10.0. The number of rotatable bonds is 3. The largest absolute Gasteiger partial charge is 0.468 e. The highest BCUT2D eigenvalue weighted by Crippen LogP contribution is 2.06. The van der Waals surface area contributed by atoms with Crippen LogP contribution >= 0.6 is 12.4 Å². The molecule has 0 aliphatic carbocycles. The average molecular weight is 237 g/mol. The molecular formula is C9H17ClN2O3. The molecule has 0 bridgehead atoms. The Kier molecular flexibility index (Phi) is 7.07. The number of esters is 1. The zero-order chi connectivity index (χ0) is 10.4. The second-order valence-corrected chi connectivity index (χ2v) is 3.30. The number of carbonyl (C=O) groups excluding carboxylic acids is 2. The second-order valence-electron chi connectivity index (χ2n) is 3.30. The average Bonchev–Trinajstić information content (AvgIpc) is 2.26. The summed E-state index contributed by atoms with van der Waals surface area (Å²) in [5.74, 6) is -0.538. The van der Waals surface area contributed by atoms with Gasteiger partial charge in [0.1, 0.15) is 6.54 Å². The van der Waals surface area contributed by atoms with E-state index in [4.69, 9.17) is 0 Å². The smallest absolute Gasteiger partial charge is 0.325 e. The van der Waals surface area contributed by atoms with E-state index in [0.29, 0.717) is 0 Å². The maximum atomic E-state index is 11.4. The quantitative estimate of drug-likeness (QED) is 0.669. The molecule has 1 aliphatic heterocycles. The highest BCUT2D eigenvalue weighted by Gasteiger charge is 2.20. The van der Waals surface area contributed by atoms with Crippen LogP contribution in [0.4, 0.5) is 0 Å². The van der Waals surface area contributed by atoms with Crippen molar-refractivity contribution in [3.8, 4) is 0 Å². The molecule has 1 aliphatic rings. The van der Waals surface area contributed by atoms with Crippen molar-refractivity contribution in [2.45, 2.75) is 25.3 Å². The normalized spacial score (nSPS) is 19.9. The van der Waals surface area contributed by atoms with Crippen LogP contribution in [0.3, 0.4) is 0 Å². The zero-order valence-corrected chi connectivity index (χ0v) is 9.56. The Morgan fingerprint density at radius 3 is 2.73 bits per heavy atom. The van der Waals surface area contributed by atoms with Crippen LogP contribution in [0.2, 0.25) is 0 Å². The molecule has 0 aromatic heterocycles. The molecule has 2 N–H and O–H groups in total. The molecule has 0 aromatic rings. The van der Waals surface area contributed by atoms with E-state index in [-0.39, 0.29) is 30.9 Å². The van der Waals surface area contributed by atoms with Crippen molar-refractivity contribution in [3.05, 3.63) is 0 Å². The van der Waals surface area contributed by atoms with E-state index in [9.17, 15) is 9.59 Å². The predicted octanol–water partition coefficient (Wildman–Crippen LogP) is -0.161. The van der Waals surface area contributed by atoms with Gasteiger partial charge < -0.3 is 15.4 Å². The van der Waals surface area contributed by atoms with E-state index in [1.807, 2.05) is 0 Å². The Hall–Kier alpha value is -0.810. The summed E-state index contributed by atoms with van der Waals surface area (Å²) in [4.78, 5) is 22.2. The fourth-order valence-electron chi connectivity index (χ4n) is 1.43. The monoisotopic (exact) mass is 236 g/mol. The van der Waals surface area contributed by atoms with Crippen molar-refractivity contribution >= 4 is 24.3 Å². The van der Waals surface area contributed by atoms with Crippen molar-refractivity contribution in [2.24, 2.45) is 0 Å². The fraction of sp³-hybridized carbons (Fsp3) is 0.778. The highest BCUT2D eigenvalue weighted by atomic mass is 35.5. The molecular weight excluding hydrogens is 220 g/mol. The van der Waals surface area contributed by atoms with Crippen LogP contribution in [0, 0.1) is 0 Å². The van der Waals surface area contributed by atoms with Crippen LogP contribution < -0.4 is 10.6 Å². The van der Waals surface area contributed by atoms with Crippen molar-refractivity contribution in [1.82, 2.24) is 10.6 Å². The van der Waals surface area contributed by atoms with Crippen molar-refractivity contribution in [3.63, 3.8) is 0 Å². The maximum absolute atomic E-state index is 11.4. The lowest BCUT2D eigenvalue weighted by Crippen LogP contribution is -2.47. The SMILES string of the molecule is COC(=O)CNC(=O)C1CCCCN1.Cl. The summed E-state index contributed by atoms with van der Waals surface area (Å²) < 4.78 is 4.41. The molecule has 1 heterocycles. The summed E-state index contributed by atoms with van der Waals surface area (Å²) in [5, 5.41) is 5.62. The van der Waals surface area contributed by atoms with Crippen LogP contribution in [0.1, 0.15) is 19.3 Å². The molecule has 1 atom stereocenters. The van der Waals surface area contributed by atoms with Gasteiger partial charge in [-0.3, -0.25) is 9.59 Å². The summed E-state index contributed by atoms with van der Waals surface area (Å²) in [6.07, 6.45) is 3.01. The van der Waals surface area contributed by atoms with Gasteiger partial charge in [-0.15, -0.1) is 12.4 Å². The van der Waals surface area contributed by atoms with Crippen LogP contribution in [0.15, 0.2) is 0 Å². The summed E-state index contributed by atoms with van der Waals surface area (Å²) >= 11 is 0. The number of halogens is 1. The third kappa shape index (κ3) is 4.99. The fourth-order valence-corrected chi connectivity index (χ4v) is 1.43. The summed E-state index contributed by atoms with van der Waals surface area (Å²) in [5.41, 5.74) is 0. The Morgan fingerprint density at radius 2 is 2.20 bits per heavy atom. The molecule has 0 radical (unpaired) electrons. The van der Waals surface area contributed by atoms with Gasteiger partial charge in [0.25, 0.3) is 0 Å². The number of amides is 1. The van der Waals surface area contributed by atoms with Crippen LogP contribution in [0.25, 0.3) is 0 Å². The Morgan fingerprint density at radius 1 is 1.47 bits per heavy atom. The first-order chi connectivity index (χ1) is 6.74. The number of methoxy groups -OCH3 is 1. The number of hydrogen-bond donors (Lipinski definition) is 2. The Labute approximate surface area is 95.3 Å². The van der Waals surface area contributed by atoms with E-state index < -0.39 is 5.97 Å². The van der Waals surface area contributed by atoms with Gasteiger partial charge in [0.05, 0.1) is 13.2 Å². The molecule has 1 rings (SSSR count). The number of ether oxygens (including phenoxy) is 1. The van der Waals surface area contributed by atoms with Gasteiger partial charge in [-0.05, 0) is 19.4 Å². The van der Waals surface area contributed by atoms with Crippen molar-refractivity contribution in [2.75, 3.05) is 20.2 Å². The van der Waals surface area contributed by atoms with E-state index in [2.05, 4.69) is 15.4 Å². The van der Waals surface area contributed by atoms with Gasteiger partial charge in [0.2, 0.25) is 5.91 Å². The first-order valence-corrected chi connectivity index (χ1v) is 4.82. The second kappa shape index (κ2) is 7.48. The molecule has 0 aromatic carbocycles. The van der Waals surface area contributed by atoms with Crippen LogP contribution in [0.5, 0.6) is 0 Å². The Bertz CT molecular complexity index is 217. The van der Waals surface area contributed by atoms with E-state index in [0.717, 1.165) is 25.8 Å². The lowest BCUT2D eigenvalue weighted by Gasteiger charge is -2.22. The minimum Gasteiger partial charge on any atom is -0.468 e. The topological polar surface area (TPSA) is 67.4 Å². The number of hydrogen-bond acceptors (Lipinski definition) is 4. The van der Waals surface area contributed by atoms with Gasteiger partial charge in [0.15, 0.2) is 0 Å². The molecule has 6 heteroatoms. The Balaban J connectivity index is 0.00000196. The lowest BCUT2D eigenvalue weighted by molar-refractivity contribution is -0.141. The standard InChI is InChI=1S/C9H16N2O3.ClH/c1-14-8(12)6-11-9(13)7-4-2-3-5-10-7;/h7,10H,2-6H2,1H3,(H,11,13);1H. The van der Waals surface area contributed by atoms with Crippen molar-refractivity contribution in [1.29, 1.82) is 0 Å². The summed E-state index contributed by atoms with van der Waals surface area (Å²) in [6, 6.07) is -0.145. The molecule has 0 spiro atoms. The number of piperidine rings is 1. The van der Waals surface area contributed by atoms with Gasteiger partial charge in [-0.1, -0.05) is 6.42 Å².